The van der Waals surface area contributed by atoms with Crippen LogP contribution in [0.15, 0.2) is 42.9 Å². The second-order valence-electron chi connectivity index (χ2n) is 7.13. The van der Waals surface area contributed by atoms with E-state index in [0.717, 1.165) is 18.7 Å². The molecule has 2 aliphatic rings. The number of nitrogens with one attached hydrogen (secondary N) is 1. The first-order chi connectivity index (χ1) is 13.2. The molecule has 0 atom stereocenters. The third-order valence-electron chi connectivity index (χ3n) is 5.26. The van der Waals surface area contributed by atoms with Crippen molar-refractivity contribution in [1.29, 1.82) is 0 Å². The number of rotatable bonds is 6. The van der Waals surface area contributed by atoms with E-state index in [1.807, 2.05) is 17.0 Å². The smallest absolute Gasteiger partial charge is 0.325 e. The molecular weight excluding hydrogens is 342 g/mol. The Hall–Kier alpha value is -2.96. The number of carbonyl (C=O) groups is 2. The van der Waals surface area contributed by atoms with Gasteiger partial charge in [0.15, 0.2) is 0 Å². The number of pyridine rings is 2. The van der Waals surface area contributed by atoms with E-state index in [4.69, 9.17) is 0 Å². The number of carbonyl (C=O) groups excluding carboxylic acids is 2. The summed E-state index contributed by atoms with van der Waals surface area (Å²) in [6.45, 7) is 2.69. The fourth-order valence-electron chi connectivity index (χ4n) is 3.41. The average Bonchev–Trinajstić information content (AvgIpc) is 3.04. The van der Waals surface area contributed by atoms with E-state index in [2.05, 4.69) is 15.3 Å². The molecule has 4 rings (SSSR count). The Morgan fingerprint density at radius 2 is 2.07 bits per heavy atom. The van der Waals surface area contributed by atoms with Gasteiger partial charge in [0.1, 0.15) is 5.82 Å². The highest BCUT2D eigenvalue weighted by Crippen LogP contribution is 2.29. The molecule has 140 valence electrons. The summed E-state index contributed by atoms with van der Waals surface area (Å²) in [5.74, 6) is 1.17. The predicted molar refractivity (Wildman–Crippen MR) is 101 cm³/mol. The number of hydrogen-bond acceptors (Lipinski definition) is 4. The van der Waals surface area contributed by atoms with Crippen molar-refractivity contribution in [3.8, 4) is 0 Å². The molecule has 0 radical (unpaired) electrons. The van der Waals surface area contributed by atoms with Crippen molar-refractivity contribution in [2.45, 2.75) is 25.8 Å². The highest BCUT2D eigenvalue weighted by molar-refractivity contribution is 5.94. The Morgan fingerprint density at radius 1 is 1.19 bits per heavy atom. The molecule has 1 aliphatic carbocycles. The Bertz CT molecular complexity index is 805. The van der Waals surface area contributed by atoms with Crippen LogP contribution in [0.4, 0.5) is 10.6 Å². The van der Waals surface area contributed by atoms with E-state index in [1.54, 1.807) is 29.4 Å². The summed E-state index contributed by atoms with van der Waals surface area (Å²) in [6, 6.07) is 7.24. The normalized spacial score (nSPS) is 17.1. The van der Waals surface area contributed by atoms with Crippen LogP contribution in [0.25, 0.3) is 0 Å². The SMILES string of the molecule is O=C(NCc1ccc(N2CCN(CC3CCC3)C2=O)nc1)c1cccnc1. The number of urea groups is 1. The fraction of sp³-hybridized carbons (Fsp3) is 0.400. The zero-order valence-corrected chi connectivity index (χ0v) is 15.2. The molecule has 2 aromatic heterocycles. The van der Waals surface area contributed by atoms with Crippen molar-refractivity contribution in [1.82, 2.24) is 20.2 Å². The van der Waals surface area contributed by atoms with Gasteiger partial charge in [-0.1, -0.05) is 12.5 Å². The maximum absolute atomic E-state index is 12.6. The molecule has 1 saturated heterocycles. The van der Waals surface area contributed by atoms with E-state index < -0.39 is 0 Å². The first-order valence-electron chi connectivity index (χ1n) is 9.40. The van der Waals surface area contributed by atoms with Crippen LogP contribution in [0, 0.1) is 5.92 Å². The lowest BCUT2D eigenvalue weighted by Gasteiger charge is -2.29. The fourth-order valence-corrected chi connectivity index (χ4v) is 3.41. The minimum atomic E-state index is -0.173. The largest absolute Gasteiger partial charge is 0.348 e. The van der Waals surface area contributed by atoms with Crippen LogP contribution in [0.3, 0.4) is 0 Å². The molecule has 1 saturated carbocycles. The van der Waals surface area contributed by atoms with Crippen molar-refractivity contribution in [2.24, 2.45) is 5.92 Å². The van der Waals surface area contributed by atoms with Gasteiger partial charge in [-0.3, -0.25) is 14.7 Å². The summed E-state index contributed by atoms with van der Waals surface area (Å²) in [5, 5.41) is 2.85. The zero-order valence-electron chi connectivity index (χ0n) is 15.2. The van der Waals surface area contributed by atoms with Gasteiger partial charge in [0.25, 0.3) is 5.91 Å². The third kappa shape index (κ3) is 3.92. The van der Waals surface area contributed by atoms with Crippen LogP contribution < -0.4 is 10.2 Å². The van der Waals surface area contributed by atoms with Gasteiger partial charge in [0.2, 0.25) is 0 Å². The first kappa shape index (κ1) is 17.5. The van der Waals surface area contributed by atoms with Crippen LogP contribution in [0.5, 0.6) is 0 Å². The molecule has 0 spiro atoms. The van der Waals surface area contributed by atoms with E-state index in [0.29, 0.717) is 30.4 Å². The molecular formula is C20H23N5O2. The second-order valence-corrected chi connectivity index (χ2v) is 7.13. The highest BCUT2D eigenvalue weighted by Gasteiger charge is 2.33. The van der Waals surface area contributed by atoms with E-state index in [9.17, 15) is 9.59 Å². The molecule has 1 N–H and O–H groups in total. The zero-order chi connectivity index (χ0) is 18.6. The van der Waals surface area contributed by atoms with E-state index in [1.165, 1.54) is 25.5 Å². The van der Waals surface area contributed by atoms with E-state index >= 15 is 0 Å². The van der Waals surface area contributed by atoms with Gasteiger partial charge in [-0.25, -0.2) is 9.78 Å². The van der Waals surface area contributed by atoms with Crippen molar-refractivity contribution in [2.75, 3.05) is 24.5 Å². The lowest BCUT2D eigenvalue weighted by molar-refractivity contribution is 0.0950. The van der Waals surface area contributed by atoms with Crippen molar-refractivity contribution in [3.05, 3.63) is 54.0 Å². The summed E-state index contributed by atoms with van der Waals surface area (Å²) < 4.78 is 0. The average molecular weight is 365 g/mol. The van der Waals surface area contributed by atoms with Crippen LogP contribution in [0.1, 0.15) is 35.2 Å². The number of aromatic nitrogens is 2. The quantitative estimate of drug-likeness (QED) is 0.853. The molecule has 2 aromatic rings. The van der Waals surface area contributed by atoms with Gasteiger partial charge in [-0.2, -0.15) is 0 Å². The Labute approximate surface area is 158 Å². The van der Waals surface area contributed by atoms with Crippen LogP contribution in [-0.2, 0) is 6.54 Å². The Morgan fingerprint density at radius 3 is 2.74 bits per heavy atom. The third-order valence-corrected chi connectivity index (χ3v) is 5.26. The number of hydrogen-bond donors (Lipinski definition) is 1. The van der Waals surface area contributed by atoms with Gasteiger partial charge < -0.3 is 10.2 Å². The number of amides is 3. The van der Waals surface area contributed by atoms with Gasteiger partial charge in [0, 0.05) is 44.8 Å². The highest BCUT2D eigenvalue weighted by atomic mass is 16.2. The molecule has 0 unspecified atom stereocenters. The van der Waals surface area contributed by atoms with Crippen LogP contribution in [-0.4, -0.2) is 46.4 Å². The van der Waals surface area contributed by atoms with Gasteiger partial charge in [-0.15, -0.1) is 0 Å². The molecule has 3 amide bonds. The predicted octanol–water partition coefficient (Wildman–Crippen LogP) is 2.45. The molecule has 0 aromatic carbocycles. The van der Waals surface area contributed by atoms with Crippen molar-refractivity contribution in [3.63, 3.8) is 0 Å². The molecule has 3 heterocycles. The molecule has 0 bridgehead atoms. The van der Waals surface area contributed by atoms with Gasteiger partial charge >= 0.3 is 6.03 Å². The second kappa shape index (κ2) is 7.73. The molecule has 27 heavy (non-hydrogen) atoms. The van der Waals surface area contributed by atoms with Crippen LogP contribution in [0.2, 0.25) is 0 Å². The molecule has 1 aliphatic heterocycles. The first-order valence-corrected chi connectivity index (χ1v) is 9.40. The Balaban J connectivity index is 1.32. The van der Waals surface area contributed by atoms with Gasteiger partial charge in [0.05, 0.1) is 5.56 Å². The monoisotopic (exact) mass is 365 g/mol. The lowest BCUT2D eigenvalue weighted by Crippen LogP contribution is -2.37. The van der Waals surface area contributed by atoms with E-state index in [-0.39, 0.29) is 11.9 Å². The Kier molecular flexibility index (Phi) is 5.00. The topological polar surface area (TPSA) is 78.4 Å². The standard InChI is InChI=1S/C20H23N5O2/c26-19(17-5-2-8-21-13-17)23-12-16-6-7-18(22-11-16)25-10-9-24(20(25)27)14-15-3-1-4-15/h2,5-8,11,13,15H,1,3-4,9-10,12,14H2,(H,23,26). The summed E-state index contributed by atoms with van der Waals surface area (Å²) >= 11 is 0. The molecule has 7 heteroatoms. The summed E-state index contributed by atoms with van der Waals surface area (Å²) in [6.07, 6.45) is 8.64. The summed E-state index contributed by atoms with van der Waals surface area (Å²) in [5.41, 5.74) is 1.41. The maximum atomic E-state index is 12.6. The lowest BCUT2D eigenvalue weighted by atomic mass is 9.85. The summed E-state index contributed by atoms with van der Waals surface area (Å²) in [4.78, 5) is 36.7. The molecule has 7 nitrogen and oxygen atoms in total. The number of anilines is 1. The minimum Gasteiger partial charge on any atom is -0.348 e. The minimum absolute atomic E-state index is 0.0482. The number of nitrogens with zero attached hydrogens (tertiary/aromatic N) is 4. The molecule has 2 fully saturated rings. The summed E-state index contributed by atoms with van der Waals surface area (Å²) in [7, 11) is 0. The van der Waals surface area contributed by atoms with Crippen molar-refractivity contribution >= 4 is 17.8 Å². The van der Waals surface area contributed by atoms with Crippen molar-refractivity contribution < 1.29 is 9.59 Å². The van der Waals surface area contributed by atoms with Crippen LogP contribution >= 0.6 is 0 Å². The van der Waals surface area contributed by atoms with Gasteiger partial charge in [-0.05, 0) is 42.5 Å². The maximum Gasteiger partial charge on any atom is 0.325 e.